The van der Waals surface area contributed by atoms with Gasteiger partial charge in [0.2, 0.25) is 5.91 Å². The third kappa shape index (κ3) is 12.9. The normalized spacial score (nSPS) is 13.3. The molecule has 11 nitrogen and oxygen atoms in total. The molecule has 0 unspecified atom stereocenters. The lowest BCUT2D eigenvalue weighted by molar-refractivity contribution is -0.525. The zero-order chi connectivity index (χ0) is 26.4. The number of hydrogen-bond donors (Lipinski definition) is 5. The lowest BCUT2D eigenvalue weighted by Crippen LogP contribution is -2.49. The Balaban J connectivity index is 2.78. The first kappa shape index (κ1) is 30.0. The van der Waals surface area contributed by atoms with Crippen molar-refractivity contribution in [3.63, 3.8) is 0 Å². The van der Waals surface area contributed by atoms with E-state index >= 15 is 0 Å². The molecule has 0 aliphatic carbocycles. The largest absolute Gasteiger partial charge is 0.475 e. The smallest absolute Gasteiger partial charge is 0.426 e. The molecule has 0 heterocycles. The van der Waals surface area contributed by atoms with Gasteiger partial charge in [-0.05, 0) is 49.1 Å². The fourth-order valence-electron chi connectivity index (χ4n) is 3.66. The highest BCUT2D eigenvalue weighted by atomic mass is 16.7. The lowest BCUT2D eigenvalue weighted by Gasteiger charge is -2.23. The third-order valence-electron chi connectivity index (χ3n) is 5.58. The van der Waals surface area contributed by atoms with Gasteiger partial charge in [-0.3, -0.25) is 9.59 Å². The maximum atomic E-state index is 12.9. The minimum atomic E-state index is -1.72. The van der Waals surface area contributed by atoms with E-state index in [0.29, 0.717) is 19.3 Å². The van der Waals surface area contributed by atoms with E-state index in [4.69, 9.17) is 5.73 Å². The number of hydrazine groups is 1. The Morgan fingerprint density at radius 1 is 1.20 bits per heavy atom. The summed E-state index contributed by atoms with van der Waals surface area (Å²) in [6.07, 6.45) is 2.80. The van der Waals surface area contributed by atoms with Gasteiger partial charge in [0.05, 0.1) is 5.94 Å². The summed E-state index contributed by atoms with van der Waals surface area (Å²) in [5, 5.41) is 31.5. The molecule has 194 valence electrons. The first-order chi connectivity index (χ1) is 16.5. The maximum Gasteiger partial charge on any atom is 0.475 e. The van der Waals surface area contributed by atoms with Crippen molar-refractivity contribution >= 4 is 24.8 Å². The van der Waals surface area contributed by atoms with E-state index in [0.717, 1.165) is 12.0 Å². The van der Waals surface area contributed by atoms with Gasteiger partial charge in [-0.25, -0.2) is 15.1 Å². The predicted molar refractivity (Wildman–Crippen MR) is 135 cm³/mol. The SMILES string of the molecule is CCc1ccc(CCC(=O)C[C@@H](CCCN=C(N)N[N+](=O)[O-])C(=O)N[C@@H](CC(C)C)B(O)O)cc1. The van der Waals surface area contributed by atoms with Gasteiger partial charge in [0.15, 0.2) is 5.03 Å². The Morgan fingerprint density at radius 2 is 1.83 bits per heavy atom. The molecule has 0 bridgehead atoms. The van der Waals surface area contributed by atoms with Crippen molar-refractivity contribution in [1.82, 2.24) is 10.7 Å². The molecule has 1 aromatic rings. The van der Waals surface area contributed by atoms with Gasteiger partial charge >= 0.3 is 7.12 Å². The number of carbonyl (C=O) groups is 2. The second-order valence-corrected chi connectivity index (χ2v) is 9.05. The first-order valence-electron chi connectivity index (χ1n) is 12.0. The number of amides is 1. The molecule has 0 aliphatic heterocycles. The third-order valence-corrected chi connectivity index (χ3v) is 5.58. The van der Waals surface area contributed by atoms with Crippen LogP contribution in [-0.4, -0.2) is 52.3 Å². The van der Waals surface area contributed by atoms with E-state index in [1.165, 1.54) is 5.56 Å². The van der Waals surface area contributed by atoms with Crippen LogP contribution in [0.1, 0.15) is 64.0 Å². The fraction of sp³-hybridized carbons (Fsp3) is 0.609. The van der Waals surface area contributed by atoms with Crippen LogP contribution in [0.3, 0.4) is 0 Å². The summed E-state index contributed by atoms with van der Waals surface area (Å²) < 4.78 is 0. The van der Waals surface area contributed by atoms with Crippen LogP contribution in [0.15, 0.2) is 29.3 Å². The molecule has 0 saturated carbocycles. The molecule has 6 N–H and O–H groups in total. The number of nitrogens with one attached hydrogen (secondary N) is 2. The van der Waals surface area contributed by atoms with Crippen LogP contribution in [0.4, 0.5) is 0 Å². The zero-order valence-electron chi connectivity index (χ0n) is 20.8. The molecule has 0 aromatic heterocycles. The molecule has 12 heteroatoms. The number of hydrogen-bond acceptors (Lipinski definition) is 7. The van der Waals surface area contributed by atoms with Crippen LogP contribution in [0.25, 0.3) is 0 Å². The number of nitrogens with two attached hydrogens (primary N) is 1. The van der Waals surface area contributed by atoms with Crippen molar-refractivity contribution in [2.24, 2.45) is 22.6 Å². The van der Waals surface area contributed by atoms with Gasteiger partial charge in [0, 0.05) is 25.3 Å². The van der Waals surface area contributed by atoms with E-state index in [1.807, 2.05) is 38.1 Å². The number of carbonyl (C=O) groups excluding carboxylic acids is 2. The highest BCUT2D eigenvalue weighted by Crippen LogP contribution is 2.17. The van der Waals surface area contributed by atoms with Gasteiger partial charge in [-0.1, -0.05) is 50.5 Å². The van der Waals surface area contributed by atoms with Crippen molar-refractivity contribution in [3.05, 3.63) is 45.5 Å². The minimum Gasteiger partial charge on any atom is -0.426 e. The Labute approximate surface area is 206 Å². The summed E-state index contributed by atoms with van der Waals surface area (Å²) in [7, 11) is -1.72. The van der Waals surface area contributed by atoms with Gasteiger partial charge < -0.3 is 21.1 Å². The minimum absolute atomic E-state index is 0.00113. The number of benzene rings is 1. The van der Waals surface area contributed by atoms with Crippen LogP contribution in [0.2, 0.25) is 0 Å². The van der Waals surface area contributed by atoms with Crippen molar-refractivity contribution in [1.29, 1.82) is 0 Å². The van der Waals surface area contributed by atoms with E-state index < -0.39 is 29.9 Å². The second kappa shape index (κ2) is 15.8. The van der Waals surface area contributed by atoms with Gasteiger partial charge in [0.1, 0.15) is 5.78 Å². The summed E-state index contributed by atoms with van der Waals surface area (Å²) in [6.45, 7) is 6.00. The second-order valence-electron chi connectivity index (χ2n) is 9.05. The van der Waals surface area contributed by atoms with Gasteiger partial charge in [-0.2, -0.15) is 0 Å². The fourth-order valence-corrected chi connectivity index (χ4v) is 3.66. The number of Topliss-reactive ketones (excluding diaryl/α,β-unsaturated/α-hetero) is 1. The number of aryl methyl sites for hydroxylation is 2. The molecular weight excluding hydrogens is 453 g/mol. The van der Waals surface area contributed by atoms with Crippen molar-refractivity contribution < 1.29 is 24.7 Å². The van der Waals surface area contributed by atoms with Gasteiger partial charge in [-0.15, -0.1) is 0 Å². The van der Waals surface area contributed by atoms with Crippen LogP contribution >= 0.6 is 0 Å². The highest BCUT2D eigenvalue weighted by molar-refractivity contribution is 6.43. The summed E-state index contributed by atoms with van der Waals surface area (Å²) in [4.78, 5) is 39.9. The Morgan fingerprint density at radius 3 is 2.37 bits per heavy atom. The summed E-state index contributed by atoms with van der Waals surface area (Å²) in [5.41, 5.74) is 9.40. The van der Waals surface area contributed by atoms with Crippen LogP contribution in [-0.2, 0) is 22.4 Å². The number of rotatable bonds is 16. The standard InChI is InChI=1S/C23H38BN5O6/c1-4-17-7-9-18(10-8-17)11-12-20(30)15-19(6-5-13-26-23(25)28-29(34)35)22(31)27-21(24(32)33)14-16(2)3/h7-10,16,19,21,32-33H,4-6,11-15H2,1-3H3,(H,27,31)(H3,25,26,28)/t19-,21+/m1/s1. The molecule has 1 aromatic carbocycles. The molecule has 0 aliphatic rings. The van der Waals surface area contributed by atoms with Gasteiger partial charge in [0.25, 0.3) is 5.96 Å². The van der Waals surface area contributed by atoms with Crippen LogP contribution < -0.4 is 16.5 Å². The summed E-state index contributed by atoms with van der Waals surface area (Å²) in [5.74, 6) is -2.29. The van der Waals surface area contributed by atoms with E-state index in [-0.39, 0.29) is 43.5 Å². The number of ketones is 1. The van der Waals surface area contributed by atoms with Crippen LogP contribution in [0, 0.1) is 22.0 Å². The Hall–Kier alpha value is -2.99. The van der Waals surface area contributed by atoms with Crippen molar-refractivity contribution in [2.45, 2.75) is 71.7 Å². The Kier molecular flexibility index (Phi) is 13.6. The maximum absolute atomic E-state index is 12.9. The average molecular weight is 491 g/mol. The number of nitrogens with zero attached hydrogens (tertiary/aromatic N) is 2. The molecule has 2 atom stereocenters. The van der Waals surface area contributed by atoms with Crippen molar-refractivity contribution in [3.8, 4) is 0 Å². The quantitative estimate of drug-likeness (QED) is 0.0571. The lowest BCUT2D eigenvalue weighted by atomic mass is 9.74. The van der Waals surface area contributed by atoms with E-state index in [1.54, 1.807) is 5.43 Å². The molecule has 0 spiro atoms. The predicted octanol–water partition coefficient (Wildman–Crippen LogP) is 1.18. The summed E-state index contributed by atoms with van der Waals surface area (Å²) in [6, 6.07) is 8.06. The number of nitro groups is 1. The first-order valence-corrected chi connectivity index (χ1v) is 12.0. The number of aliphatic imine (C=N–C) groups is 1. The topological polar surface area (TPSA) is 180 Å². The summed E-state index contributed by atoms with van der Waals surface area (Å²) >= 11 is 0. The van der Waals surface area contributed by atoms with Crippen LogP contribution in [0.5, 0.6) is 0 Å². The molecule has 0 radical (unpaired) electrons. The average Bonchev–Trinajstić information content (AvgIpc) is 2.78. The molecule has 0 fully saturated rings. The molecule has 1 amide bonds. The molecule has 1 rings (SSSR count). The molecule has 0 saturated heterocycles. The molecule has 35 heavy (non-hydrogen) atoms. The monoisotopic (exact) mass is 491 g/mol. The van der Waals surface area contributed by atoms with Crippen molar-refractivity contribution in [2.75, 3.05) is 6.54 Å². The Bertz CT molecular complexity index is 847. The number of guanidine groups is 1. The zero-order valence-corrected chi connectivity index (χ0v) is 20.8. The highest BCUT2D eigenvalue weighted by Gasteiger charge is 2.29. The van der Waals surface area contributed by atoms with E-state index in [2.05, 4.69) is 17.2 Å². The van der Waals surface area contributed by atoms with E-state index in [9.17, 15) is 29.8 Å². The molecular formula is C23H38BN5O6.